The van der Waals surface area contributed by atoms with E-state index in [1.807, 2.05) is 24.3 Å². The molecule has 0 spiro atoms. The first-order valence-corrected chi connectivity index (χ1v) is 20.9. The number of para-hydroxylation sites is 1. The zero-order valence-corrected chi connectivity index (χ0v) is 33.1. The Labute approximate surface area is 350 Å². The van der Waals surface area contributed by atoms with E-state index in [4.69, 9.17) is 14.7 Å². The van der Waals surface area contributed by atoms with Crippen molar-refractivity contribution in [3.05, 3.63) is 232 Å². The van der Waals surface area contributed by atoms with Gasteiger partial charge in [-0.2, -0.15) is 0 Å². The Bertz CT molecular complexity index is 3000. The standard InChI is InChI=1S/C55H42N4O/c1-5-16-37(17-6-1)42-23-15-26-45(36-42)59(43-24-11-4-12-25-43)44-31-28-39(29-32-44)47-34-35-49(50-48-33-30-38-18-13-14-27-46(38)51(48)60-52(47)50)55-57-53(40-19-7-2-8-20-40)56-54(58-55)41-21-9-3-10-22-41/h2-5,7-32,34-36,48,53H,1,6,33H2,(H,56,57,58). The highest BCUT2D eigenvalue weighted by Crippen LogP contribution is 2.51. The number of anilines is 3. The number of rotatable bonds is 8. The van der Waals surface area contributed by atoms with Gasteiger partial charge in [0.05, 0.1) is 5.92 Å². The van der Waals surface area contributed by atoms with E-state index in [0.717, 1.165) is 92.3 Å². The number of nitrogens with one attached hydrogen (secondary N) is 1. The van der Waals surface area contributed by atoms with Crippen LogP contribution in [-0.4, -0.2) is 11.7 Å². The van der Waals surface area contributed by atoms with E-state index in [1.165, 1.54) is 16.4 Å². The number of amidine groups is 2. The maximum Gasteiger partial charge on any atom is 0.159 e. The third-order valence-electron chi connectivity index (χ3n) is 11.9. The van der Waals surface area contributed by atoms with Crippen molar-refractivity contribution < 1.29 is 4.74 Å². The number of aliphatic imine (C=N–C) groups is 2. The highest BCUT2D eigenvalue weighted by atomic mass is 16.5. The quantitative estimate of drug-likeness (QED) is 0.167. The summed E-state index contributed by atoms with van der Waals surface area (Å²) in [4.78, 5) is 12.9. The van der Waals surface area contributed by atoms with Crippen molar-refractivity contribution in [1.29, 1.82) is 0 Å². The molecule has 1 N–H and O–H groups in total. The smallest absolute Gasteiger partial charge is 0.159 e. The largest absolute Gasteiger partial charge is 0.459 e. The average Bonchev–Trinajstić information content (AvgIpc) is 3.73. The highest BCUT2D eigenvalue weighted by Gasteiger charge is 2.37. The van der Waals surface area contributed by atoms with E-state index >= 15 is 0 Å². The van der Waals surface area contributed by atoms with Crippen LogP contribution in [0.1, 0.15) is 59.2 Å². The number of hydrogen-bond donors (Lipinski definition) is 1. The van der Waals surface area contributed by atoms with Crippen LogP contribution in [0, 0.1) is 0 Å². The van der Waals surface area contributed by atoms with Crippen molar-refractivity contribution in [1.82, 2.24) is 5.32 Å². The lowest BCUT2D eigenvalue weighted by Crippen LogP contribution is -2.34. The van der Waals surface area contributed by atoms with Crippen molar-refractivity contribution in [3.63, 3.8) is 0 Å². The van der Waals surface area contributed by atoms with Gasteiger partial charge >= 0.3 is 0 Å². The molecular formula is C55H42N4O. The summed E-state index contributed by atoms with van der Waals surface area (Å²) in [5.74, 6) is 3.39. The second kappa shape index (κ2) is 15.3. The summed E-state index contributed by atoms with van der Waals surface area (Å²) in [6, 6.07) is 62.1. The molecule has 2 aliphatic carbocycles. The van der Waals surface area contributed by atoms with E-state index in [0.29, 0.717) is 5.84 Å². The van der Waals surface area contributed by atoms with Gasteiger partial charge in [0.2, 0.25) is 0 Å². The monoisotopic (exact) mass is 774 g/mol. The van der Waals surface area contributed by atoms with Crippen LogP contribution < -0.4 is 25.4 Å². The molecule has 0 saturated heterocycles. The number of nitrogens with zero attached hydrogens (tertiary/aromatic N) is 3. The topological polar surface area (TPSA) is 49.2 Å². The second-order valence-corrected chi connectivity index (χ2v) is 15.6. The molecule has 0 amide bonds. The molecule has 0 radical (unpaired) electrons. The molecule has 60 heavy (non-hydrogen) atoms. The van der Waals surface area contributed by atoms with Crippen LogP contribution in [-0.2, 0) is 0 Å². The molecule has 7 aromatic carbocycles. The molecule has 5 nitrogen and oxygen atoms in total. The van der Waals surface area contributed by atoms with Crippen molar-refractivity contribution in [3.8, 4) is 16.9 Å². The molecule has 2 heterocycles. The van der Waals surface area contributed by atoms with Gasteiger partial charge in [-0.25, -0.2) is 9.98 Å². The van der Waals surface area contributed by atoms with E-state index in [-0.39, 0.29) is 12.1 Å². The summed E-state index contributed by atoms with van der Waals surface area (Å²) in [6.07, 6.45) is 11.9. The predicted octanol–water partition coefficient (Wildman–Crippen LogP) is 11.5. The van der Waals surface area contributed by atoms with Gasteiger partial charge in [0.25, 0.3) is 0 Å². The zero-order valence-electron chi connectivity index (χ0n) is 33.1. The first-order valence-electron chi connectivity index (χ1n) is 20.9. The second-order valence-electron chi connectivity index (χ2n) is 15.6. The molecule has 0 saturated carbocycles. The maximum atomic E-state index is 7.12. The molecule has 0 aromatic heterocycles. The van der Waals surface area contributed by atoms with E-state index < -0.39 is 0 Å². The lowest BCUT2D eigenvalue weighted by Gasteiger charge is -2.26. The highest BCUT2D eigenvalue weighted by molar-refractivity contribution is 6.14. The molecule has 4 aliphatic rings. The Morgan fingerprint density at radius 3 is 2.08 bits per heavy atom. The van der Waals surface area contributed by atoms with Crippen molar-refractivity contribution in [2.45, 2.75) is 31.3 Å². The molecule has 2 aliphatic heterocycles. The Hall–Kier alpha value is -7.50. The number of ether oxygens (including phenoxy) is 1. The molecule has 7 aromatic rings. The van der Waals surface area contributed by atoms with Gasteiger partial charge < -0.3 is 15.0 Å². The van der Waals surface area contributed by atoms with Gasteiger partial charge in [-0.15, -0.1) is 0 Å². The third kappa shape index (κ3) is 6.54. The molecule has 288 valence electrons. The summed E-state index contributed by atoms with van der Waals surface area (Å²) in [5, 5.41) is 5.97. The summed E-state index contributed by atoms with van der Waals surface area (Å²) < 4.78 is 7.12. The van der Waals surface area contributed by atoms with Crippen LogP contribution in [0.3, 0.4) is 0 Å². The Kier molecular flexibility index (Phi) is 9.12. The Morgan fingerprint density at radius 2 is 1.28 bits per heavy atom. The van der Waals surface area contributed by atoms with Gasteiger partial charge in [0.15, 0.2) is 5.84 Å². The molecule has 0 fully saturated rings. The van der Waals surface area contributed by atoms with E-state index in [1.54, 1.807) is 0 Å². The van der Waals surface area contributed by atoms with Crippen LogP contribution in [0.25, 0.3) is 28.5 Å². The van der Waals surface area contributed by atoms with Crippen LogP contribution in [0.2, 0.25) is 0 Å². The normalized spacial score (nSPS) is 17.4. The lowest BCUT2D eigenvalue weighted by atomic mass is 9.85. The fourth-order valence-electron chi connectivity index (χ4n) is 8.99. The molecule has 2 unspecified atom stereocenters. The minimum absolute atomic E-state index is 0.0298. The molecular weight excluding hydrogens is 733 g/mol. The van der Waals surface area contributed by atoms with Gasteiger partial charge in [-0.1, -0.05) is 158 Å². The maximum absolute atomic E-state index is 7.12. The first kappa shape index (κ1) is 35.6. The molecule has 11 rings (SSSR count). The number of benzene rings is 7. The van der Waals surface area contributed by atoms with Gasteiger partial charge in [-0.05, 0) is 89.2 Å². The Balaban J connectivity index is 1.04. The van der Waals surface area contributed by atoms with Crippen molar-refractivity contribution in [2.24, 2.45) is 9.98 Å². The molecule has 2 atom stereocenters. The number of fused-ring (bicyclic) bond motifs is 4. The zero-order chi connectivity index (χ0) is 39.8. The molecule has 0 bridgehead atoms. The Morgan fingerprint density at radius 1 is 0.583 bits per heavy atom. The first-order chi connectivity index (χ1) is 29.7. The van der Waals surface area contributed by atoms with Crippen LogP contribution in [0.4, 0.5) is 17.1 Å². The molecule has 5 heteroatoms. The fraction of sp³-hybridized carbons (Fsp3) is 0.0909. The SMILES string of the molecule is C1=CC(c2cccc(N(c3ccccc3)c3ccc(-c4ccc(C5=NC(c6ccccc6)NC(c6ccccc6)=N5)c5c4OC4=c6ccccc6=CCC45)cc3)c2)=CCC1. The number of hydrogen-bond acceptors (Lipinski definition) is 5. The van der Waals surface area contributed by atoms with Crippen LogP contribution in [0.5, 0.6) is 5.75 Å². The van der Waals surface area contributed by atoms with Gasteiger partial charge in [0.1, 0.15) is 23.5 Å². The number of allylic oxidation sites excluding steroid dienone is 4. The van der Waals surface area contributed by atoms with E-state index in [9.17, 15) is 0 Å². The minimum atomic E-state index is -0.301. The van der Waals surface area contributed by atoms with Crippen molar-refractivity contribution >= 4 is 46.1 Å². The third-order valence-corrected chi connectivity index (χ3v) is 11.9. The minimum Gasteiger partial charge on any atom is -0.459 e. The van der Waals surface area contributed by atoms with Gasteiger partial charge in [0, 0.05) is 44.5 Å². The summed E-state index contributed by atoms with van der Waals surface area (Å²) in [6.45, 7) is 0. The van der Waals surface area contributed by atoms with Crippen LogP contribution in [0.15, 0.2) is 204 Å². The predicted molar refractivity (Wildman–Crippen MR) is 246 cm³/mol. The van der Waals surface area contributed by atoms with Gasteiger partial charge in [-0.3, -0.25) is 0 Å². The summed E-state index contributed by atoms with van der Waals surface area (Å²) in [5.41, 5.74) is 12.1. The summed E-state index contributed by atoms with van der Waals surface area (Å²) in [7, 11) is 0. The van der Waals surface area contributed by atoms with Crippen molar-refractivity contribution in [2.75, 3.05) is 4.90 Å². The fourth-order valence-corrected chi connectivity index (χ4v) is 8.99. The average molecular weight is 775 g/mol. The van der Waals surface area contributed by atoms with E-state index in [2.05, 4.69) is 186 Å². The summed E-state index contributed by atoms with van der Waals surface area (Å²) >= 11 is 0. The lowest BCUT2D eigenvalue weighted by molar-refractivity contribution is 0.511. The van der Waals surface area contributed by atoms with Crippen LogP contribution >= 0.6 is 0 Å².